The molecule has 0 saturated carbocycles. The van der Waals surface area contributed by atoms with E-state index in [-0.39, 0.29) is 10.8 Å². The highest BCUT2D eigenvalue weighted by Gasteiger charge is 2.15. The van der Waals surface area contributed by atoms with Gasteiger partial charge in [-0.15, -0.1) is 0 Å². The van der Waals surface area contributed by atoms with Gasteiger partial charge in [0.15, 0.2) is 0 Å². The molecule has 6 nitrogen and oxygen atoms in total. The number of nitrogens with two attached hydrogens (primary N) is 1. The largest absolute Gasteiger partial charge is 0.308 e. The Morgan fingerprint density at radius 3 is 2.72 bits per heavy atom. The van der Waals surface area contributed by atoms with Crippen LogP contribution in [0.25, 0.3) is 0 Å². The van der Waals surface area contributed by atoms with E-state index in [1.54, 1.807) is 11.8 Å². The fourth-order valence-corrected chi connectivity index (χ4v) is 3.10. The van der Waals surface area contributed by atoms with Gasteiger partial charge in [-0.05, 0) is 30.1 Å². The van der Waals surface area contributed by atoms with Crippen molar-refractivity contribution in [2.75, 3.05) is 24.0 Å². The van der Waals surface area contributed by atoms with Crippen LogP contribution >= 0.6 is 11.8 Å². The number of nitrogens with zero attached hydrogens (tertiary/aromatic N) is 1. The van der Waals surface area contributed by atoms with Crippen LogP contribution in [0.5, 0.6) is 0 Å². The molecule has 4 N–H and O–H groups in total. The molecule has 0 spiro atoms. The third-order valence-electron chi connectivity index (χ3n) is 2.27. The highest BCUT2D eigenvalue weighted by Crippen LogP contribution is 2.11. The lowest BCUT2D eigenvalue weighted by atomic mass is 10.2. The van der Waals surface area contributed by atoms with Gasteiger partial charge in [-0.2, -0.15) is 11.8 Å². The summed E-state index contributed by atoms with van der Waals surface area (Å²) in [5.41, 5.74) is 2.34. The molecule has 1 rings (SSSR count). The van der Waals surface area contributed by atoms with Crippen LogP contribution in [0.1, 0.15) is 6.92 Å². The number of anilines is 1. The Balaban J connectivity index is 2.67. The van der Waals surface area contributed by atoms with Crippen LogP contribution in [-0.4, -0.2) is 32.0 Å². The van der Waals surface area contributed by atoms with Crippen LogP contribution in [0.3, 0.4) is 0 Å². The van der Waals surface area contributed by atoms with Gasteiger partial charge < -0.3 is 5.43 Å². The molecule has 8 heteroatoms. The van der Waals surface area contributed by atoms with Gasteiger partial charge in [0.05, 0.1) is 0 Å². The number of rotatable bonds is 7. The zero-order chi connectivity index (χ0) is 13.6. The number of aromatic nitrogens is 1. The van der Waals surface area contributed by atoms with Gasteiger partial charge in [0.2, 0.25) is 10.0 Å². The fourth-order valence-electron chi connectivity index (χ4n) is 1.30. The predicted molar refractivity (Wildman–Crippen MR) is 74.8 cm³/mol. The van der Waals surface area contributed by atoms with Gasteiger partial charge in [-0.1, -0.05) is 6.92 Å². The SMILES string of the molecule is CSCC(C)CNS(=O)(=O)c1ccc(NN)nc1. The van der Waals surface area contributed by atoms with Gasteiger partial charge in [0.25, 0.3) is 0 Å². The van der Waals surface area contributed by atoms with Gasteiger partial charge in [-0.25, -0.2) is 24.0 Å². The molecule has 1 unspecified atom stereocenters. The molecule has 1 atom stereocenters. The van der Waals surface area contributed by atoms with Gasteiger partial charge in [0, 0.05) is 12.7 Å². The Morgan fingerprint density at radius 1 is 1.50 bits per heavy atom. The maximum Gasteiger partial charge on any atom is 0.242 e. The number of hydrogen-bond acceptors (Lipinski definition) is 6. The van der Waals surface area contributed by atoms with E-state index in [4.69, 9.17) is 5.84 Å². The number of hydrazine groups is 1. The minimum atomic E-state index is -3.49. The lowest BCUT2D eigenvalue weighted by Crippen LogP contribution is -2.29. The van der Waals surface area contributed by atoms with Crippen LogP contribution in [0.4, 0.5) is 5.82 Å². The number of thioether (sulfide) groups is 1. The zero-order valence-corrected chi connectivity index (χ0v) is 12.0. The van der Waals surface area contributed by atoms with Crippen molar-refractivity contribution < 1.29 is 8.42 Å². The van der Waals surface area contributed by atoms with Crippen molar-refractivity contribution in [1.82, 2.24) is 9.71 Å². The number of sulfonamides is 1. The predicted octanol–water partition coefficient (Wildman–Crippen LogP) is 0.645. The summed E-state index contributed by atoms with van der Waals surface area (Å²) in [4.78, 5) is 4.00. The maximum atomic E-state index is 11.9. The summed E-state index contributed by atoms with van der Waals surface area (Å²) in [6.45, 7) is 2.42. The summed E-state index contributed by atoms with van der Waals surface area (Å²) in [6, 6.07) is 2.98. The molecule has 0 aromatic carbocycles. The molecule has 0 aliphatic heterocycles. The van der Waals surface area contributed by atoms with E-state index >= 15 is 0 Å². The van der Waals surface area contributed by atoms with E-state index in [9.17, 15) is 8.42 Å². The topological polar surface area (TPSA) is 97.1 Å². The molecular formula is C10H18N4O2S2. The molecule has 1 aromatic heterocycles. The standard InChI is InChI=1S/C10H18N4O2S2/c1-8(7-17-2)5-13-18(15,16)9-3-4-10(14-11)12-6-9/h3-4,6,8,13H,5,7,11H2,1-2H3,(H,12,14). The third-order valence-corrected chi connectivity index (χ3v) is 4.58. The number of nitrogen functional groups attached to an aromatic ring is 1. The Labute approximate surface area is 112 Å². The van der Waals surface area contributed by atoms with Crippen molar-refractivity contribution in [3.8, 4) is 0 Å². The Kier molecular flexibility index (Phi) is 5.86. The summed E-state index contributed by atoms with van der Waals surface area (Å²) in [7, 11) is -3.49. The minimum Gasteiger partial charge on any atom is -0.308 e. The van der Waals surface area contributed by atoms with Crippen LogP contribution in [-0.2, 0) is 10.0 Å². The van der Waals surface area contributed by atoms with E-state index < -0.39 is 10.0 Å². The van der Waals surface area contributed by atoms with Crippen molar-refractivity contribution in [2.45, 2.75) is 11.8 Å². The molecule has 0 bridgehead atoms. The maximum absolute atomic E-state index is 11.9. The average molecular weight is 290 g/mol. The Morgan fingerprint density at radius 2 is 2.22 bits per heavy atom. The molecule has 0 saturated heterocycles. The van der Waals surface area contributed by atoms with Gasteiger partial charge in [-0.3, -0.25) is 0 Å². The number of hydrogen-bond donors (Lipinski definition) is 3. The quantitative estimate of drug-likeness (QED) is 0.504. The van der Waals surface area contributed by atoms with E-state index in [2.05, 4.69) is 15.1 Å². The first-order valence-electron chi connectivity index (χ1n) is 5.41. The average Bonchev–Trinajstić information content (AvgIpc) is 2.37. The summed E-state index contributed by atoms with van der Waals surface area (Å²) < 4.78 is 26.4. The summed E-state index contributed by atoms with van der Waals surface area (Å²) >= 11 is 1.69. The van der Waals surface area contributed by atoms with Crippen LogP contribution in [0.2, 0.25) is 0 Å². The molecule has 18 heavy (non-hydrogen) atoms. The van der Waals surface area contributed by atoms with Crippen LogP contribution in [0.15, 0.2) is 23.2 Å². The first-order chi connectivity index (χ1) is 8.49. The molecular weight excluding hydrogens is 272 g/mol. The second-order valence-corrected chi connectivity index (χ2v) is 6.61. The molecule has 0 fully saturated rings. The summed E-state index contributed by atoms with van der Waals surface area (Å²) in [5.74, 6) is 6.78. The lowest BCUT2D eigenvalue weighted by molar-refractivity contribution is 0.562. The van der Waals surface area contributed by atoms with Crippen molar-refractivity contribution in [2.24, 2.45) is 11.8 Å². The second-order valence-electron chi connectivity index (χ2n) is 3.94. The number of nitrogens with one attached hydrogen (secondary N) is 2. The lowest BCUT2D eigenvalue weighted by Gasteiger charge is -2.11. The molecule has 0 radical (unpaired) electrons. The van der Waals surface area contributed by atoms with Crippen molar-refractivity contribution in [3.05, 3.63) is 18.3 Å². The van der Waals surface area contributed by atoms with E-state index in [1.807, 2.05) is 13.2 Å². The van der Waals surface area contributed by atoms with Crippen LogP contribution in [0, 0.1) is 5.92 Å². The monoisotopic (exact) mass is 290 g/mol. The number of pyridine rings is 1. The highest BCUT2D eigenvalue weighted by atomic mass is 32.2. The summed E-state index contributed by atoms with van der Waals surface area (Å²) in [5, 5.41) is 0. The van der Waals surface area contributed by atoms with Gasteiger partial charge >= 0.3 is 0 Å². The molecule has 1 heterocycles. The first-order valence-corrected chi connectivity index (χ1v) is 8.28. The molecule has 0 aliphatic carbocycles. The molecule has 0 aliphatic rings. The van der Waals surface area contributed by atoms with E-state index in [1.165, 1.54) is 18.3 Å². The van der Waals surface area contributed by atoms with Crippen molar-refractivity contribution in [1.29, 1.82) is 0 Å². The van der Waals surface area contributed by atoms with E-state index in [0.717, 1.165) is 5.75 Å². The molecule has 1 aromatic rings. The Hall–Kier alpha value is -0.830. The third kappa shape index (κ3) is 4.45. The van der Waals surface area contributed by atoms with Crippen molar-refractivity contribution >= 4 is 27.6 Å². The second kappa shape index (κ2) is 6.93. The Bertz CT molecular complexity index is 461. The first kappa shape index (κ1) is 15.2. The minimum absolute atomic E-state index is 0.137. The van der Waals surface area contributed by atoms with Crippen molar-refractivity contribution in [3.63, 3.8) is 0 Å². The fraction of sp³-hybridized carbons (Fsp3) is 0.500. The van der Waals surface area contributed by atoms with Gasteiger partial charge in [0.1, 0.15) is 10.7 Å². The zero-order valence-electron chi connectivity index (χ0n) is 10.4. The highest BCUT2D eigenvalue weighted by molar-refractivity contribution is 7.98. The van der Waals surface area contributed by atoms with E-state index in [0.29, 0.717) is 12.4 Å². The normalized spacial score (nSPS) is 13.3. The molecule has 0 amide bonds. The van der Waals surface area contributed by atoms with Crippen LogP contribution < -0.4 is 16.0 Å². The summed E-state index contributed by atoms with van der Waals surface area (Å²) in [6.07, 6.45) is 3.27. The smallest absolute Gasteiger partial charge is 0.242 e. The molecule has 102 valence electrons.